The zero-order valence-corrected chi connectivity index (χ0v) is 11.1. The standard InChI is InChI=1S/C13H20N2OS/c1-2-9-16-10-5-8-15-12-7-4-3-6-11(12)13(14)17/h3-4,6-7,15H,2,5,8-10H2,1H3,(H2,14,17). The fourth-order valence-electron chi connectivity index (χ4n) is 1.50. The second kappa shape index (κ2) is 8.03. The normalized spacial score (nSPS) is 10.2. The molecule has 4 heteroatoms. The van der Waals surface area contributed by atoms with Gasteiger partial charge >= 0.3 is 0 Å². The summed E-state index contributed by atoms with van der Waals surface area (Å²) >= 11 is 5.00. The quantitative estimate of drug-likeness (QED) is 0.551. The molecule has 1 aromatic rings. The van der Waals surface area contributed by atoms with Crippen LogP contribution in [0.2, 0.25) is 0 Å². The van der Waals surface area contributed by atoms with Gasteiger partial charge in [-0.3, -0.25) is 0 Å². The molecule has 17 heavy (non-hydrogen) atoms. The van der Waals surface area contributed by atoms with Crippen molar-refractivity contribution in [3.8, 4) is 0 Å². The molecule has 0 bridgehead atoms. The Hall–Kier alpha value is -1.13. The molecule has 0 saturated heterocycles. The van der Waals surface area contributed by atoms with Gasteiger partial charge in [0.1, 0.15) is 4.99 Å². The van der Waals surface area contributed by atoms with Gasteiger partial charge in [-0.15, -0.1) is 0 Å². The number of rotatable bonds is 8. The van der Waals surface area contributed by atoms with E-state index in [-0.39, 0.29) is 0 Å². The van der Waals surface area contributed by atoms with E-state index < -0.39 is 0 Å². The third-order valence-corrected chi connectivity index (χ3v) is 2.54. The molecule has 0 aliphatic heterocycles. The van der Waals surface area contributed by atoms with Crippen LogP contribution in [0.25, 0.3) is 0 Å². The Morgan fingerprint density at radius 3 is 2.82 bits per heavy atom. The summed E-state index contributed by atoms with van der Waals surface area (Å²) in [4.78, 5) is 0.426. The summed E-state index contributed by atoms with van der Waals surface area (Å²) in [7, 11) is 0. The molecule has 94 valence electrons. The van der Waals surface area contributed by atoms with Crippen LogP contribution in [0.4, 0.5) is 5.69 Å². The average Bonchev–Trinajstić information content (AvgIpc) is 2.34. The molecular weight excluding hydrogens is 232 g/mol. The average molecular weight is 252 g/mol. The summed E-state index contributed by atoms with van der Waals surface area (Å²) in [6.45, 7) is 4.60. The van der Waals surface area contributed by atoms with E-state index in [9.17, 15) is 0 Å². The monoisotopic (exact) mass is 252 g/mol. The highest BCUT2D eigenvalue weighted by Crippen LogP contribution is 2.14. The van der Waals surface area contributed by atoms with Gasteiger partial charge in [0, 0.05) is 31.0 Å². The molecule has 0 aliphatic carbocycles. The van der Waals surface area contributed by atoms with Gasteiger partial charge in [0.2, 0.25) is 0 Å². The maximum atomic E-state index is 5.65. The lowest BCUT2D eigenvalue weighted by molar-refractivity contribution is 0.134. The van der Waals surface area contributed by atoms with Crippen molar-refractivity contribution in [2.45, 2.75) is 19.8 Å². The first kappa shape index (κ1) is 13.9. The van der Waals surface area contributed by atoms with Crippen LogP contribution in [-0.2, 0) is 4.74 Å². The Labute approximate surface area is 108 Å². The number of para-hydroxylation sites is 1. The highest BCUT2D eigenvalue weighted by Gasteiger charge is 2.02. The largest absolute Gasteiger partial charge is 0.389 e. The van der Waals surface area contributed by atoms with Crippen molar-refractivity contribution in [1.29, 1.82) is 0 Å². The van der Waals surface area contributed by atoms with Gasteiger partial charge in [0.25, 0.3) is 0 Å². The smallest absolute Gasteiger partial charge is 0.106 e. The predicted molar refractivity (Wildman–Crippen MR) is 76.5 cm³/mol. The van der Waals surface area contributed by atoms with Gasteiger partial charge in [0.05, 0.1) is 0 Å². The van der Waals surface area contributed by atoms with E-state index in [1.165, 1.54) is 0 Å². The van der Waals surface area contributed by atoms with Crippen LogP contribution in [0.3, 0.4) is 0 Å². The van der Waals surface area contributed by atoms with Crippen LogP contribution in [0.1, 0.15) is 25.3 Å². The topological polar surface area (TPSA) is 47.3 Å². The molecule has 0 atom stereocenters. The number of benzene rings is 1. The summed E-state index contributed by atoms with van der Waals surface area (Å²) in [5.41, 5.74) is 7.55. The minimum Gasteiger partial charge on any atom is -0.389 e. The summed E-state index contributed by atoms with van der Waals surface area (Å²) in [6.07, 6.45) is 2.05. The SMILES string of the molecule is CCCOCCCNc1ccccc1C(N)=S. The molecule has 0 fully saturated rings. The zero-order chi connectivity index (χ0) is 12.5. The zero-order valence-electron chi connectivity index (χ0n) is 10.2. The molecule has 0 unspecified atom stereocenters. The number of nitrogens with one attached hydrogen (secondary N) is 1. The summed E-state index contributed by atoms with van der Waals surface area (Å²) < 4.78 is 5.41. The Morgan fingerprint density at radius 2 is 2.12 bits per heavy atom. The van der Waals surface area contributed by atoms with Crippen molar-refractivity contribution in [2.24, 2.45) is 5.73 Å². The van der Waals surface area contributed by atoms with Gasteiger partial charge in [0.15, 0.2) is 0 Å². The highest BCUT2D eigenvalue weighted by atomic mass is 32.1. The van der Waals surface area contributed by atoms with Crippen LogP contribution in [0.15, 0.2) is 24.3 Å². The van der Waals surface area contributed by atoms with Crippen LogP contribution in [-0.4, -0.2) is 24.7 Å². The maximum absolute atomic E-state index is 5.65. The summed E-state index contributed by atoms with van der Waals surface area (Å²) in [5.74, 6) is 0. The lowest BCUT2D eigenvalue weighted by atomic mass is 10.2. The van der Waals surface area contributed by atoms with Gasteiger partial charge in [-0.1, -0.05) is 31.3 Å². The minimum atomic E-state index is 0.426. The summed E-state index contributed by atoms with van der Waals surface area (Å²) in [5, 5.41) is 3.32. The van der Waals surface area contributed by atoms with Crippen LogP contribution in [0.5, 0.6) is 0 Å². The van der Waals surface area contributed by atoms with E-state index >= 15 is 0 Å². The lowest BCUT2D eigenvalue weighted by Gasteiger charge is -2.10. The number of nitrogens with two attached hydrogens (primary N) is 1. The minimum absolute atomic E-state index is 0.426. The Morgan fingerprint density at radius 1 is 1.35 bits per heavy atom. The third-order valence-electron chi connectivity index (χ3n) is 2.32. The van der Waals surface area contributed by atoms with Gasteiger partial charge in [-0.2, -0.15) is 0 Å². The lowest BCUT2D eigenvalue weighted by Crippen LogP contribution is -2.14. The number of hydrogen-bond donors (Lipinski definition) is 2. The van der Waals surface area contributed by atoms with E-state index in [2.05, 4.69) is 12.2 Å². The first-order chi connectivity index (χ1) is 8.25. The fourth-order valence-corrected chi connectivity index (χ4v) is 1.67. The van der Waals surface area contributed by atoms with E-state index in [0.29, 0.717) is 4.99 Å². The number of anilines is 1. The highest BCUT2D eigenvalue weighted by molar-refractivity contribution is 7.80. The van der Waals surface area contributed by atoms with Crippen molar-refractivity contribution in [1.82, 2.24) is 0 Å². The van der Waals surface area contributed by atoms with Crippen molar-refractivity contribution in [2.75, 3.05) is 25.1 Å². The molecule has 1 aromatic carbocycles. The molecule has 0 amide bonds. The first-order valence-electron chi connectivity index (χ1n) is 5.96. The second-order valence-corrected chi connectivity index (χ2v) is 4.24. The van der Waals surface area contributed by atoms with Gasteiger partial charge < -0.3 is 15.8 Å². The molecule has 0 spiro atoms. The van der Waals surface area contributed by atoms with Crippen molar-refractivity contribution >= 4 is 22.9 Å². The van der Waals surface area contributed by atoms with Crippen LogP contribution >= 0.6 is 12.2 Å². The maximum Gasteiger partial charge on any atom is 0.106 e. The summed E-state index contributed by atoms with van der Waals surface area (Å²) in [6, 6.07) is 7.82. The van der Waals surface area contributed by atoms with E-state index in [1.54, 1.807) is 0 Å². The Kier molecular flexibility index (Phi) is 6.58. The molecule has 0 aliphatic rings. The third kappa shape index (κ3) is 5.15. The van der Waals surface area contributed by atoms with Gasteiger partial charge in [-0.25, -0.2) is 0 Å². The molecule has 0 heterocycles. The molecule has 3 nitrogen and oxygen atoms in total. The molecule has 0 radical (unpaired) electrons. The number of thiocarbonyl (C=S) groups is 1. The van der Waals surface area contributed by atoms with Crippen molar-refractivity contribution in [3.63, 3.8) is 0 Å². The first-order valence-corrected chi connectivity index (χ1v) is 6.37. The molecular formula is C13H20N2OS. The van der Waals surface area contributed by atoms with E-state index in [1.807, 2.05) is 24.3 Å². The van der Waals surface area contributed by atoms with Crippen molar-refractivity contribution < 1.29 is 4.74 Å². The number of hydrogen-bond acceptors (Lipinski definition) is 3. The number of ether oxygens (including phenoxy) is 1. The van der Waals surface area contributed by atoms with Crippen LogP contribution < -0.4 is 11.1 Å². The van der Waals surface area contributed by atoms with Crippen LogP contribution in [0, 0.1) is 0 Å². The Balaban J connectivity index is 2.34. The molecule has 0 aromatic heterocycles. The predicted octanol–water partition coefficient (Wildman–Crippen LogP) is 2.55. The fraction of sp³-hybridized carbons (Fsp3) is 0.462. The van der Waals surface area contributed by atoms with E-state index in [4.69, 9.17) is 22.7 Å². The van der Waals surface area contributed by atoms with Gasteiger partial charge in [-0.05, 0) is 25.0 Å². The Bertz CT molecular complexity index is 355. The second-order valence-electron chi connectivity index (χ2n) is 3.80. The molecule has 3 N–H and O–H groups in total. The van der Waals surface area contributed by atoms with E-state index in [0.717, 1.165) is 43.9 Å². The molecule has 1 rings (SSSR count). The molecule has 0 saturated carbocycles. The van der Waals surface area contributed by atoms with Crippen molar-refractivity contribution in [3.05, 3.63) is 29.8 Å².